The van der Waals surface area contributed by atoms with E-state index < -0.39 is 0 Å². The quantitative estimate of drug-likeness (QED) is 0.810. The molecule has 1 aliphatic heterocycles. The normalized spacial score (nSPS) is 20.5. The second-order valence-electron chi connectivity index (χ2n) is 5.43. The summed E-state index contributed by atoms with van der Waals surface area (Å²) >= 11 is 0. The molecule has 0 saturated heterocycles. The molecular formula is C14H18N2O. The molecule has 17 heavy (non-hydrogen) atoms. The van der Waals surface area contributed by atoms with Crippen molar-refractivity contribution in [3.05, 3.63) is 34.9 Å². The van der Waals surface area contributed by atoms with E-state index >= 15 is 0 Å². The van der Waals surface area contributed by atoms with Gasteiger partial charge in [0.05, 0.1) is 0 Å². The lowest BCUT2D eigenvalue weighted by molar-refractivity contribution is 0.0935. The van der Waals surface area contributed by atoms with E-state index in [2.05, 4.69) is 23.6 Å². The van der Waals surface area contributed by atoms with E-state index in [1.807, 2.05) is 12.1 Å². The van der Waals surface area contributed by atoms with Crippen molar-refractivity contribution in [3.63, 3.8) is 0 Å². The van der Waals surface area contributed by atoms with Gasteiger partial charge in [0.25, 0.3) is 5.91 Å². The SMILES string of the molecule is CC1(NC(=O)c2ccc3c(c2)CNCC3)CC1. The van der Waals surface area contributed by atoms with Crippen LogP contribution in [-0.4, -0.2) is 18.0 Å². The summed E-state index contributed by atoms with van der Waals surface area (Å²) < 4.78 is 0. The largest absolute Gasteiger partial charge is 0.347 e. The van der Waals surface area contributed by atoms with Crippen molar-refractivity contribution < 1.29 is 4.79 Å². The van der Waals surface area contributed by atoms with Crippen molar-refractivity contribution in [1.29, 1.82) is 0 Å². The average molecular weight is 230 g/mol. The Labute approximate surface area is 102 Å². The fraction of sp³-hybridized carbons (Fsp3) is 0.500. The van der Waals surface area contributed by atoms with Crippen LogP contribution in [0.1, 0.15) is 41.3 Å². The Kier molecular flexibility index (Phi) is 2.44. The standard InChI is InChI=1S/C14H18N2O/c1-14(5-6-14)16-13(17)11-3-2-10-4-7-15-9-12(10)8-11/h2-3,8,15H,4-7,9H2,1H3,(H,16,17). The van der Waals surface area contributed by atoms with E-state index in [9.17, 15) is 4.79 Å². The number of benzene rings is 1. The number of amides is 1. The van der Waals surface area contributed by atoms with E-state index in [4.69, 9.17) is 0 Å². The molecule has 1 amide bonds. The second-order valence-corrected chi connectivity index (χ2v) is 5.43. The van der Waals surface area contributed by atoms with Crippen molar-refractivity contribution in [2.45, 2.75) is 38.3 Å². The summed E-state index contributed by atoms with van der Waals surface area (Å²) in [6.45, 7) is 4.02. The summed E-state index contributed by atoms with van der Waals surface area (Å²) in [5, 5.41) is 6.43. The maximum absolute atomic E-state index is 12.1. The van der Waals surface area contributed by atoms with Crippen LogP contribution in [0.2, 0.25) is 0 Å². The van der Waals surface area contributed by atoms with Crippen molar-refractivity contribution in [3.8, 4) is 0 Å². The Balaban J connectivity index is 1.80. The van der Waals surface area contributed by atoms with Crippen LogP contribution in [0.15, 0.2) is 18.2 Å². The molecule has 90 valence electrons. The average Bonchev–Trinajstić information content (AvgIpc) is 3.06. The van der Waals surface area contributed by atoms with Gasteiger partial charge in [0.1, 0.15) is 0 Å². The summed E-state index contributed by atoms with van der Waals surface area (Å²) in [4.78, 5) is 12.1. The third-order valence-corrected chi connectivity index (χ3v) is 3.77. The fourth-order valence-electron chi connectivity index (χ4n) is 2.28. The summed E-state index contributed by atoms with van der Waals surface area (Å²) in [7, 11) is 0. The van der Waals surface area contributed by atoms with Gasteiger partial charge in [-0.15, -0.1) is 0 Å². The monoisotopic (exact) mass is 230 g/mol. The molecule has 1 aromatic rings. The number of hydrogen-bond acceptors (Lipinski definition) is 2. The summed E-state index contributed by atoms with van der Waals surface area (Å²) in [5.74, 6) is 0.0679. The Morgan fingerprint density at radius 2 is 2.18 bits per heavy atom. The summed E-state index contributed by atoms with van der Waals surface area (Å²) in [6.07, 6.45) is 3.27. The highest BCUT2D eigenvalue weighted by Crippen LogP contribution is 2.34. The molecule has 3 nitrogen and oxygen atoms in total. The minimum Gasteiger partial charge on any atom is -0.347 e. The highest BCUT2D eigenvalue weighted by molar-refractivity contribution is 5.95. The third-order valence-electron chi connectivity index (χ3n) is 3.77. The van der Waals surface area contributed by atoms with E-state index in [-0.39, 0.29) is 11.4 Å². The number of carbonyl (C=O) groups is 1. The minimum atomic E-state index is 0.0608. The molecule has 1 fully saturated rings. The number of carbonyl (C=O) groups excluding carboxylic acids is 1. The molecule has 1 aliphatic carbocycles. The summed E-state index contributed by atoms with van der Waals surface area (Å²) in [5.41, 5.74) is 3.49. The molecular weight excluding hydrogens is 212 g/mol. The Morgan fingerprint density at radius 1 is 1.35 bits per heavy atom. The first-order valence-corrected chi connectivity index (χ1v) is 6.31. The van der Waals surface area contributed by atoms with Crippen LogP contribution in [0.4, 0.5) is 0 Å². The first kappa shape index (κ1) is 10.8. The Morgan fingerprint density at radius 3 is 2.94 bits per heavy atom. The lowest BCUT2D eigenvalue weighted by atomic mass is 9.98. The van der Waals surface area contributed by atoms with E-state index in [0.717, 1.165) is 37.9 Å². The smallest absolute Gasteiger partial charge is 0.251 e. The van der Waals surface area contributed by atoms with Crippen LogP contribution in [0, 0.1) is 0 Å². The Bertz CT molecular complexity index is 463. The predicted octanol–water partition coefficient (Wildman–Crippen LogP) is 1.61. The van der Waals surface area contributed by atoms with Crippen molar-refractivity contribution in [2.24, 2.45) is 0 Å². The first-order valence-electron chi connectivity index (χ1n) is 6.31. The molecule has 0 unspecified atom stereocenters. The van der Waals surface area contributed by atoms with Crippen LogP contribution in [0.25, 0.3) is 0 Å². The maximum Gasteiger partial charge on any atom is 0.251 e. The van der Waals surface area contributed by atoms with Crippen molar-refractivity contribution in [1.82, 2.24) is 10.6 Å². The molecule has 2 N–H and O–H groups in total. The molecule has 1 saturated carbocycles. The topological polar surface area (TPSA) is 41.1 Å². The van der Waals surface area contributed by atoms with Crippen LogP contribution in [-0.2, 0) is 13.0 Å². The molecule has 3 rings (SSSR count). The molecule has 0 atom stereocenters. The molecule has 0 spiro atoms. The van der Waals surface area contributed by atoms with Gasteiger partial charge in [0.2, 0.25) is 0 Å². The third kappa shape index (κ3) is 2.20. The van der Waals surface area contributed by atoms with Gasteiger partial charge >= 0.3 is 0 Å². The zero-order valence-electron chi connectivity index (χ0n) is 10.2. The van der Waals surface area contributed by atoms with Gasteiger partial charge in [0.15, 0.2) is 0 Å². The van der Waals surface area contributed by atoms with Gasteiger partial charge in [-0.05, 0) is 56.0 Å². The van der Waals surface area contributed by atoms with Gasteiger partial charge in [0, 0.05) is 17.6 Å². The van der Waals surface area contributed by atoms with Crippen LogP contribution in [0.3, 0.4) is 0 Å². The summed E-state index contributed by atoms with van der Waals surface area (Å²) in [6, 6.07) is 6.08. The highest BCUT2D eigenvalue weighted by Gasteiger charge is 2.38. The first-order chi connectivity index (χ1) is 8.16. The van der Waals surface area contributed by atoms with Gasteiger partial charge in [-0.1, -0.05) is 6.07 Å². The van der Waals surface area contributed by atoms with Crippen LogP contribution < -0.4 is 10.6 Å². The molecule has 0 aromatic heterocycles. The van der Waals surface area contributed by atoms with E-state index in [1.165, 1.54) is 11.1 Å². The van der Waals surface area contributed by atoms with Gasteiger partial charge in [-0.25, -0.2) is 0 Å². The van der Waals surface area contributed by atoms with Crippen LogP contribution >= 0.6 is 0 Å². The number of fused-ring (bicyclic) bond motifs is 1. The van der Waals surface area contributed by atoms with Gasteiger partial charge < -0.3 is 10.6 Å². The number of nitrogens with one attached hydrogen (secondary N) is 2. The molecule has 0 radical (unpaired) electrons. The predicted molar refractivity (Wildman–Crippen MR) is 67.0 cm³/mol. The highest BCUT2D eigenvalue weighted by atomic mass is 16.1. The fourth-order valence-corrected chi connectivity index (χ4v) is 2.28. The van der Waals surface area contributed by atoms with Gasteiger partial charge in [-0.2, -0.15) is 0 Å². The van der Waals surface area contributed by atoms with E-state index in [1.54, 1.807) is 0 Å². The van der Waals surface area contributed by atoms with Crippen LogP contribution in [0.5, 0.6) is 0 Å². The minimum absolute atomic E-state index is 0.0608. The zero-order valence-corrected chi connectivity index (χ0v) is 10.2. The number of hydrogen-bond donors (Lipinski definition) is 2. The van der Waals surface area contributed by atoms with Gasteiger partial charge in [-0.3, -0.25) is 4.79 Å². The lowest BCUT2D eigenvalue weighted by Crippen LogP contribution is -2.34. The maximum atomic E-state index is 12.1. The molecule has 2 aliphatic rings. The molecule has 1 aromatic carbocycles. The zero-order chi connectivity index (χ0) is 11.9. The number of rotatable bonds is 2. The van der Waals surface area contributed by atoms with Crippen molar-refractivity contribution in [2.75, 3.05) is 6.54 Å². The molecule has 1 heterocycles. The Hall–Kier alpha value is -1.35. The molecule has 0 bridgehead atoms. The second kappa shape index (κ2) is 3.84. The molecule has 3 heteroatoms. The van der Waals surface area contributed by atoms with Crippen molar-refractivity contribution >= 4 is 5.91 Å². The lowest BCUT2D eigenvalue weighted by Gasteiger charge is -2.18. The van der Waals surface area contributed by atoms with E-state index in [0.29, 0.717) is 0 Å².